The molecule has 0 saturated heterocycles. The van der Waals surface area contributed by atoms with Gasteiger partial charge in [0.05, 0.1) is 0 Å². The Labute approximate surface area is 93.1 Å². The van der Waals surface area contributed by atoms with Crippen LogP contribution in [0.1, 0.15) is 20.8 Å². The average Bonchev–Trinajstić information content (AvgIpc) is 2.02. The van der Waals surface area contributed by atoms with Gasteiger partial charge in [-0.05, 0) is 0 Å². The normalized spacial score (nSPS) is 11.4. The molecule has 0 aliphatic heterocycles. The van der Waals surface area contributed by atoms with E-state index in [9.17, 15) is 10.1 Å². The van der Waals surface area contributed by atoms with E-state index in [1.165, 1.54) is 9.65 Å². The molecule has 1 heterocycles. The number of hydrogen-bond acceptors (Lipinski definition) is 3. The maximum absolute atomic E-state index is 10.4. The predicted molar refractivity (Wildman–Crippen MR) is 56.0 cm³/mol. The van der Waals surface area contributed by atoms with E-state index in [0.717, 1.165) is 0 Å². The molecule has 0 aliphatic rings. The standard InChI is InChI=1S/C5H3N2O2.C4H9.Sn/c8-7(9)5-3-1-2-4-6-5;1-4(2)3;/h1,3-4H;1-3H3;. The minimum atomic E-state index is -0.684. The van der Waals surface area contributed by atoms with Crippen molar-refractivity contribution in [2.45, 2.75) is 24.2 Å². The van der Waals surface area contributed by atoms with Gasteiger partial charge in [0, 0.05) is 0 Å². The van der Waals surface area contributed by atoms with Gasteiger partial charge < -0.3 is 0 Å². The van der Waals surface area contributed by atoms with E-state index < -0.39 is 26.1 Å². The molecule has 0 atom stereocenters. The summed E-state index contributed by atoms with van der Waals surface area (Å²) in [5, 5.41) is 10.4. The molecule has 5 heteroatoms. The van der Waals surface area contributed by atoms with Crippen molar-refractivity contribution in [1.82, 2.24) is 4.98 Å². The van der Waals surface area contributed by atoms with Crippen LogP contribution in [0.25, 0.3) is 0 Å². The van der Waals surface area contributed by atoms with Crippen molar-refractivity contribution in [2.24, 2.45) is 0 Å². The molecule has 74 valence electrons. The van der Waals surface area contributed by atoms with Gasteiger partial charge in [-0.1, -0.05) is 0 Å². The summed E-state index contributed by atoms with van der Waals surface area (Å²) < 4.78 is 1.55. The molecular weight excluding hydrogens is 287 g/mol. The summed E-state index contributed by atoms with van der Waals surface area (Å²) in [6, 6.07) is 3.32. The third-order valence-electron chi connectivity index (χ3n) is 1.45. The van der Waals surface area contributed by atoms with Crippen LogP contribution in [0, 0.1) is 10.1 Å². The molecule has 2 radical (unpaired) electrons. The first-order valence-electron chi connectivity index (χ1n) is 4.27. The third-order valence-corrected chi connectivity index (χ3v) is 5.26. The molecule has 1 rings (SSSR count). The van der Waals surface area contributed by atoms with Crippen molar-refractivity contribution >= 4 is 30.5 Å². The van der Waals surface area contributed by atoms with E-state index in [0.29, 0.717) is 3.43 Å². The van der Waals surface area contributed by atoms with Gasteiger partial charge in [-0.25, -0.2) is 0 Å². The van der Waals surface area contributed by atoms with Gasteiger partial charge in [-0.3, -0.25) is 0 Å². The molecule has 0 fully saturated rings. The molecule has 0 bridgehead atoms. The molecule has 0 aromatic carbocycles. The number of nitrogens with zero attached hydrogens (tertiary/aromatic N) is 2. The average molecular weight is 299 g/mol. The fraction of sp³-hybridized carbons (Fsp3) is 0.444. The zero-order valence-electron chi connectivity index (χ0n) is 8.44. The van der Waals surface area contributed by atoms with Crippen LogP contribution in [0.5, 0.6) is 0 Å². The Bertz CT molecular complexity index is 330. The number of pyridine rings is 1. The fourth-order valence-corrected chi connectivity index (χ4v) is 4.32. The Morgan fingerprint density at radius 1 is 1.43 bits per heavy atom. The van der Waals surface area contributed by atoms with Crippen LogP contribution in [-0.2, 0) is 0 Å². The van der Waals surface area contributed by atoms with Gasteiger partial charge in [0.25, 0.3) is 0 Å². The van der Waals surface area contributed by atoms with Crippen molar-refractivity contribution in [1.29, 1.82) is 0 Å². The Morgan fingerprint density at radius 2 is 2.07 bits per heavy atom. The molecule has 0 N–H and O–H groups in total. The van der Waals surface area contributed by atoms with Gasteiger partial charge in [0.15, 0.2) is 0 Å². The summed E-state index contributed by atoms with van der Waals surface area (Å²) in [5.41, 5.74) is 0. The summed E-state index contributed by atoms with van der Waals surface area (Å²) in [5.74, 6) is -0.0676. The monoisotopic (exact) mass is 300 g/mol. The molecule has 0 saturated carbocycles. The van der Waals surface area contributed by atoms with Crippen LogP contribution in [0.2, 0.25) is 3.43 Å². The van der Waals surface area contributed by atoms with E-state index in [1.807, 2.05) is 6.07 Å². The molecular formula is C9H12N2O2Sn. The van der Waals surface area contributed by atoms with Crippen molar-refractivity contribution < 1.29 is 4.92 Å². The third kappa shape index (κ3) is 3.61. The maximum atomic E-state index is 10.4. The van der Waals surface area contributed by atoms with Gasteiger partial charge in [-0.15, -0.1) is 0 Å². The van der Waals surface area contributed by atoms with Crippen LogP contribution in [0.15, 0.2) is 18.3 Å². The predicted octanol–water partition coefficient (Wildman–Crippen LogP) is 1.54. The van der Waals surface area contributed by atoms with E-state index in [-0.39, 0.29) is 5.82 Å². The Balaban J connectivity index is 2.79. The first kappa shape index (κ1) is 11.4. The molecule has 0 amide bonds. The van der Waals surface area contributed by atoms with Crippen LogP contribution in [0.3, 0.4) is 0 Å². The van der Waals surface area contributed by atoms with Crippen LogP contribution < -0.4 is 3.58 Å². The van der Waals surface area contributed by atoms with E-state index in [1.54, 1.807) is 6.20 Å². The van der Waals surface area contributed by atoms with Gasteiger partial charge >= 0.3 is 93.1 Å². The van der Waals surface area contributed by atoms with Crippen molar-refractivity contribution in [2.75, 3.05) is 0 Å². The van der Waals surface area contributed by atoms with Crippen LogP contribution in [-0.4, -0.2) is 31.0 Å². The Hall–Kier alpha value is -0.651. The number of aromatic nitrogens is 1. The van der Waals surface area contributed by atoms with Gasteiger partial charge in [0.1, 0.15) is 0 Å². The molecule has 1 aromatic heterocycles. The number of rotatable bonds is 2. The summed E-state index contributed by atoms with van der Waals surface area (Å²) in [7, 11) is 0. The number of hydrogen-bond donors (Lipinski definition) is 0. The fourth-order valence-electron chi connectivity index (χ4n) is 1.00. The molecule has 4 nitrogen and oxygen atoms in total. The second kappa shape index (κ2) is 4.25. The zero-order chi connectivity index (χ0) is 10.8. The van der Waals surface area contributed by atoms with Crippen molar-refractivity contribution in [3.8, 4) is 0 Å². The summed E-state index contributed by atoms with van der Waals surface area (Å²) >= 11 is -0.684. The van der Waals surface area contributed by atoms with Gasteiger partial charge in [-0.2, -0.15) is 0 Å². The van der Waals surface area contributed by atoms with Crippen LogP contribution in [0.4, 0.5) is 5.82 Å². The second-order valence-electron chi connectivity index (χ2n) is 4.04. The van der Waals surface area contributed by atoms with Crippen molar-refractivity contribution in [3.63, 3.8) is 0 Å². The Kier molecular flexibility index (Phi) is 3.47. The molecule has 0 aliphatic carbocycles. The zero-order valence-corrected chi connectivity index (χ0v) is 11.3. The van der Waals surface area contributed by atoms with E-state index in [2.05, 4.69) is 25.8 Å². The molecule has 0 unspecified atom stereocenters. The number of nitro groups is 1. The van der Waals surface area contributed by atoms with E-state index >= 15 is 0 Å². The first-order valence-corrected chi connectivity index (χ1v) is 7.12. The summed E-state index contributed by atoms with van der Waals surface area (Å²) in [6.45, 7) is 6.59. The molecule has 14 heavy (non-hydrogen) atoms. The minimum absolute atomic E-state index is 0.0676. The summed E-state index contributed by atoms with van der Waals surface area (Å²) in [6.07, 6.45) is 1.65. The quantitative estimate of drug-likeness (QED) is 0.473. The van der Waals surface area contributed by atoms with Gasteiger partial charge in [0.2, 0.25) is 0 Å². The molecule has 1 aromatic rings. The first-order chi connectivity index (χ1) is 6.38. The second-order valence-corrected chi connectivity index (χ2v) is 10.7. The molecule has 0 spiro atoms. The Morgan fingerprint density at radius 3 is 2.43 bits per heavy atom. The SMILES string of the molecule is C[C](C)(C)[Sn][c]1ccc([N+](=O)[O-])nc1. The van der Waals surface area contributed by atoms with Crippen LogP contribution >= 0.6 is 0 Å². The van der Waals surface area contributed by atoms with Crippen molar-refractivity contribution in [3.05, 3.63) is 28.4 Å². The van der Waals surface area contributed by atoms with E-state index in [4.69, 9.17) is 0 Å². The topological polar surface area (TPSA) is 56.0 Å². The summed E-state index contributed by atoms with van der Waals surface area (Å²) in [4.78, 5) is 13.7.